The number of carbonyl (C=O) groups excluding carboxylic acids is 2. The van der Waals surface area contributed by atoms with Gasteiger partial charge in [0.2, 0.25) is 0 Å². The first-order valence-electron chi connectivity index (χ1n) is 15.7. The van der Waals surface area contributed by atoms with E-state index in [1.807, 2.05) is 72.8 Å². The third-order valence-electron chi connectivity index (χ3n) is 7.88. The van der Waals surface area contributed by atoms with Crippen LogP contribution in [0.5, 0.6) is 11.5 Å². The van der Waals surface area contributed by atoms with Crippen molar-refractivity contribution in [2.24, 2.45) is 0 Å². The van der Waals surface area contributed by atoms with Crippen LogP contribution in [-0.2, 0) is 22.5 Å². The van der Waals surface area contributed by atoms with E-state index in [0.29, 0.717) is 29.8 Å². The second-order valence-corrected chi connectivity index (χ2v) is 11.1. The molecule has 0 aliphatic carbocycles. The summed E-state index contributed by atoms with van der Waals surface area (Å²) in [7, 11) is 3.04. The smallest absolute Gasteiger partial charge is 0.328 e. The number of nitrogens with zero attached hydrogens (tertiary/aromatic N) is 1. The van der Waals surface area contributed by atoms with Gasteiger partial charge in [-0.2, -0.15) is 0 Å². The molecule has 5 rings (SSSR count). The summed E-state index contributed by atoms with van der Waals surface area (Å²) in [6, 6.07) is 41.9. The number of ether oxygens (including phenoxy) is 3. The summed E-state index contributed by atoms with van der Waals surface area (Å²) in [5, 5.41) is 3.26. The zero-order valence-corrected chi connectivity index (χ0v) is 26.8. The summed E-state index contributed by atoms with van der Waals surface area (Å²) in [5.41, 5.74) is 4.95. The van der Waals surface area contributed by atoms with Gasteiger partial charge < -0.3 is 24.4 Å². The lowest BCUT2D eigenvalue weighted by atomic mass is 10.00. The van der Waals surface area contributed by atoms with Crippen LogP contribution in [0.25, 0.3) is 0 Å². The van der Waals surface area contributed by atoms with Crippen molar-refractivity contribution in [1.29, 1.82) is 0 Å². The molecule has 1 unspecified atom stereocenters. The zero-order chi connectivity index (χ0) is 32.8. The molecule has 0 bridgehead atoms. The molecule has 1 N–H and O–H groups in total. The molecule has 5 aromatic carbocycles. The average molecular weight is 629 g/mol. The van der Waals surface area contributed by atoms with Crippen molar-refractivity contribution in [3.63, 3.8) is 0 Å². The molecule has 0 aliphatic heterocycles. The van der Waals surface area contributed by atoms with Crippen LogP contribution in [0.3, 0.4) is 0 Å². The summed E-state index contributed by atoms with van der Waals surface area (Å²) in [4.78, 5) is 28.4. The van der Waals surface area contributed by atoms with Gasteiger partial charge in [0, 0.05) is 42.0 Å². The van der Waals surface area contributed by atoms with E-state index < -0.39 is 12.0 Å². The van der Waals surface area contributed by atoms with Crippen LogP contribution in [0.15, 0.2) is 133 Å². The Kier molecular flexibility index (Phi) is 11.6. The molecule has 0 fully saturated rings. The molecule has 0 heterocycles. The predicted octanol–water partition coefficient (Wildman–Crippen LogP) is 7.60. The van der Waals surface area contributed by atoms with Gasteiger partial charge in [0.1, 0.15) is 17.5 Å². The number of esters is 1. The van der Waals surface area contributed by atoms with E-state index in [-0.39, 0.29) is 5.78 Å². The van der Waals surface area contributed by atoms with Crippen LogP contribution in [0, 0.1) is 0 Å². The lowest BCUT2D eigenvalue weighted by Crippen LogP contribution is -2.33. The van der Waals surface area contributed by atoms with Gasteiger partial charge in [0.15, 0.2) is 5.78 Å². The molecule has 7 nitrogen and oxygen atoms in total. The van der Waals surface area contributed by atoms with E-state index >= 15 is 0 Å². The van der Waals surface area contributed by atoms with Gasteiger partial charge in [-0.25, -0.2) is 4.79 Å². The number of hydrogen-bond donors (Lipinski definition) is 1. The number of hydrogen-bond acceptors (Lipinski definition) is 7. The van der Waals surface area contributed by atoms with E-state index in [1.165, 1.54) is 12.7 Å². The maximum absolute atomic E-state index is 13.2. The Bertz CT molecular complexity index is 1710. The van der Waals surface area contributed by atoms with Gasteiger partial charge in [-0.05, 0) is 66.1 Å². The Morgan fingerprint density at radius 2 is 1.32 bits per heavy atom. The molecule has 0 radical (unpaired) electrons. The van der Waals surface area contributed by atoms with Crippen LogP contribution in [-0.4, -0.2) is 45.2 Å². The highest BCUT2D eigenvalue weighted by molar-refractivity contribution is 6.12. The summed E-state index contributed by atoms with van der Waals surface area (Å²) < 4.78 is 16.5. The summed E-state index contributed by atoms with van der Waals surface area (Å²) in [6.45, 7) is 2.17. The van der Waals surface area contributed by atoms with Gasteiger partial charge in [-0.15, -0.1) is 0 Å². The fourth-order valence-electron chi connectivity index (χ4n) is 5.37. The number of nitrogens with one attached hydrogen (secondary N) is 1. The van der Waals surface area contributed by atoms with Crippen molar-refractivity contribution in [2.75, 3.05) is 37.6 Å². The number of anilines is 2. The van der Waals surface area contributed by atoms with Crippen molar-refractivity contribution in [3.8, 4) is 11.5 Å². The molecule has 0 amide bonds. The van der Waals surface area contributed by atoms with Crippen molar-refractivity contribution >= 4 is 23.1 Å². The first-order chi connectivity index (χ1) is 23.0. The van der Waals surface area contributed by atoms with E-state index in [4.69, 9.17) is 14.2 Å². The van der Waals surface area contributed by atoms with Crippen molar-refractivity contribution in [3.05, 3.63) is 156 Å². The summed E-state index contributed by atoms with van der Waals surface area (Å²) in [5.74, 6) is 1.07. The molecule has 47 heavy (non-hydrogen) atoms. The molecule has 1 atom stereocenters. The minimum atomic E-state index is -0.689. The fraction of sp³-hybridized carbons (Fsp3) is 0.200. The summed E-state index contributed by atoms with van der Waals surface area (Å²) in [6.07, 6.45) is 1.21. The van der Waals surface area contributed by atoms with Crippen LogP contribution in [0.4, 0.5) is 11.4 Å². The minimum Gasteiger partial charge on any atom is -0.497 e. The van der Waals surface area contributed by atoms with Gasteiger partial charge in [0.05, 0.1) is 20.8 Å². The molecular formula is C40H40N2O5. The second-order valence-electron chi connectivity index (χ2n) is 11.1. The number of ketones is 1. The molecule has 0 aromatic heterocycles. The Balaban J connectivity index is 1.18. The average Bonchev–Trinajstić information content (AvgIpc) is 3.13. The number of carbonyl (C=O) groups is 2. The Labute approximate surface area is 276 Å². The molecular weight excluding hydrogens is 588 g/mol. The fourth-order valence-corrected chi connectivity index (χ4v) is 5.37. The van der Waals surface area contributed by atoms with Gasteiger partial charge in [0.25, 0.3) is 0 Å². The highest BCUT2D eigenvalue weighted by Gasteiger charge is 2.22. The van der Waals surface area contributed by atoms with Crippen LogP contribution < -0.4 is 19.7 Å². The van der Waals surface area contributed by atoms with E-state index in [1.54, 1.807) is 31.4 Å². The van der Waals surface area contributed by atoms with Crippen molar-refractivity contribution in [1.82, 2.24) is 0 Å². The SMILES string of the molecule is COC(=O)C(Cc1ccc(OCCCN(Cc2ccc(OC)cc2)c2ccccc2)cc1)Nc1ccccc1C(=O)c1ccccc1. The number of methoxy groups -OCH3 is 2. The number of rotatable bonds is 16. The van der Waals surface area contributed by atoms with E-state index in [2.05, 4.69) is 46.6 Å². The third kappa shape index (κ3) is 9.23. The molecule has 0 spiro atoms. The predicted molar refractivity (Wildman–Crippen MR) is 186 cm³/mol. The Morgan fingerprint density at radius 1 is 0.702 bits per heavy atom. The van der Waals surface area contributed by atoms with E-state index in [9.17, 15) is 9.59 Å². The molecule has 0 saturated carbocycles. The largest absolute Gasteiger partial charge is 0.497 e. The van der Waals surface area contributed by atoms with Crippen LogP contribution >= 0.6 is 0 Å². The highest BCUT2D eigenvalue weighted by Crippen LogP contribution is 2.23. The molecule has 7 heteroatoms. The van der Waals surface area contributed by atoms with Gasteiger partial charge in [-0.1, -0.05) is 84.9 Å². The maximum atomic E-state index is 13.2. The summed E-state index contributed by atoms with van der Waals surface area (Å²) >= 11 is 0. The quantitative estimate of drug-likeness (QED) is 0.0685. The number of para-hydroxylation sites is 2. The molecule has 240 valence electrons. The van der Waals surface area contributed by atoms with Gasteiger partial charge in [-0.3, -0.25) is 4.79 Å². The molecule has 5 aromatic rings. The monoisotopic (exact) mass is 628 g/mol. The lowest BCUT2D eigenvalue weighted by molar-refractivity contribution is -0.141. The van der Waals surface area contributed by atoms with E-state index in [0.717, 1.165) is 42.3 Å². The van der Waals surface area contributed by atoms with Crippen molar-refractivity contribution in [2.45, 2.75) is 25.4 Å². The van der Waals surface area contributed by atoms with Crippen molar-refractivity contribution < 1.29 is 23.8 Å². The number of benzene rings is 5. The van der Waals surface area contributed by atoms with Crippen LogP contribution in [0.2, 0.25) is 0 Å². The second kappa shape index (κ2) is 16.7. The zero-order valence-electron chi connectivity index (χ0n) is 26.8. The molecule has 0 saturated heterocycles. The van der Waals surface area contributed by atoms with Gasteiger partial charge >= 0.3 is 5.97 Å². The normalized spacial score (nSPS) is 11.3. The Morgan fingerprint density at radius 3 is 2.00 bits per heavy atom. The topological polar surface area (TPSA) is 77.1 Å². The Hall–Kier alpha value is -5.56. The lowest BCUT2D eigenvalue weighted by Gasteiger charge is -2.25. The first kappa shape index (κ1) is 32.8. The maximum Gasteiger partial charge on any atom is 0.328 e. The van der Waals surface area contributed by atoms with Crippen LogP contribution in [0.1, 0.15) is 33.5 Å². The standard InChI is InChI=1S/C40H40N2O5/c1-45-34-22-20-31(21-23-34)29-42(33-14-7-4-8-15-33)26-11-27-47-35-24-18-30(19-25-35)28-38(40(44)46-2)41-37-17-10-9-16-36(37)39(43)32-12-5-3-6-13-32/h3-10,12-25,38,41H,11,26-29H2,1-2H3. The minimum absolute atomic E-state index is 0.119. The third-order valence-corrected chi connectivity index (χ3v) is 7.88. The molecule has 0 aliphatic rings. The highest BCUT2D eigenvalue weighted by atomic mass is 16.5. The first-order valence-corrected chi connectivity index (χ1v) is 15.7.